The van der Waals surface area contributed by atoms with Gasteiger partial charge in [0.1, 0.15) is 11.0 Å². The lowest BCUT2D eigenvalue weighted by atomic mass is 10.1. The Morgan fingerprint density at radius 2 is 2.22 bits per heavy atom. The molecular formula is C12H14N4O2. The van der Waals surface area contributed by atoms with Crippen LogP contribution in [0.4, 0.5) is 0 Å². The van der Waals surface area contributed by atoms with Gasteiger partial charge in [-0.2, -0.15) is 15.4 Å². The highest BCUT2D eigenvalue weighted by Crippen LogP contribution is 2.22. The molecule has 6 nitrogen and oxygen atoms in total. The van der Waals surface area contributed by atoms with Crippen molar-refractivity contribution in [2.24, 2.45) is 0 Å². The van der Waals surface area contributed by atoms with E-state index in [4.69, 9.17) is 0 Å². The third-order valence-electron chi connectivity index (χ3n) is 3.30. The maximum absolute atomic E-state index is 12.3. The number of carbonyl (C=O) groups excluding carboxylic acids is 1. The van der Waals surface area contributed by atoms with Crippen molar-refractivity contribution in [3.05, 3.63) is 23.8 Å². The van der Waals surface area contributed by atoms with Crippen LogP contribution in [0.2, 0.25) is 0 Å². The van der Waals surface area contributed by atoms with Crippen LogP contribution in [-0.4, -0.2) is 50.0 Å². The monoisotopic (exact) mass is 246 g/mol. The zero-order chi connectivity index (χ0) is 12.8. The van der Waals surface area contributed by atoms with Crippen molar-refractivity contribution in [1.29, 1.82) is 0 Å². The van der Waals surface area contributed by atoms with Crippen LogP contribution >= 0.6 is 0 Å². The molecule has 1 unspecified atom stereocenters. The molecule has 1 atom stereocenters. The average molecular weight is 246 g/mol. The topological polar surface area (TPSA) is 82.1 Å². The molecule has 1 fully saturated rings. The van der Waals surface area contributed by atoms with Gasteiger partial charge in [-0.3, -0.25) is 4.79 Å². The standard InChI is InChI=1S/C12H14N4O2/c1-12(18)4-5-16(7-12)11(17)8-2-3-9-10(6-8)14-15-13-9/h2-3,6,18H,4-5,7H2,1H3,(H,13,14,15). The van der Waals surface area contributed by atoms with Crippen molar-refractivity contribution in [3.8, 4) is 0 Å². The van der Waals surface area contributed by atoms with E-state index >= 15 is 0 Å². The Morgan fingerprint density at radius 1 is 1.44 bits per heavy atom. The molecule has 18 heavy (non-hydrogen) atoms. The van der Waals surface area contributed by atoms with Crippen LogP contribution < -0.4 is 0 Å². The van der Waals surface area contributed by atoms with Gasteiger partial charge in [-0.25, -0.2) is 0 Å². The van der Waals surface area contributed by atoms with Gasteiger partial charge in [0.2, 0.25) is 0 Å². The summed E-state index contributed by atoms with van der Waals surface area (Å²) in [7, 11) is 0. The van der Waals surface area contributed by atoms with Gasteiger partial charge in [0.15, 0.2) is 0 Å². The number of nitrogens with one attached hydrogen (secondary N) is 1. The number of benzene rings is 1. The van der Waals surface area contributed by atoms with Crippen molar-refractivity contribution >= 4 is 16.9 Å². The third-order valence-corrected chi connectivity index (χ3v) is 3.30. The van der Waals surface area contributed by atoms with Crippen molar-refractivity contribution in [2.45, 2.75) is 18.9 Å². The summed E-state index contributed by atoms with van der Waals surface area (Å²) in [5.74, 6) is -0.0716. The highest BCUT2D eigenvalue weighted by molar-refractivity contribution is 5.97. The Labute approximate surface area is 104 Å². The number of amides is 1. The van der Waals surface area contributed by atoms with Gasteiger partial charge >= 0.3 is 0 Å². The number of likely N-dealkylation sites (tertiary alicyclic amines) is 1. The number of carbonyl (C=O) groups is 1. The number of fused-ring (bicyclic) bond motifs is 1. The van der Waals surface area contributed by atoms with Gasteiger partial charge in [0.05, 0.1) is 5.60 Å². The van der Waals surface area contributed by atoms with E-state index < -0.39 is 5.60 Å². The van der Waals surface area contributed by atoms with Gasteiger partial charge in [-0.15, -0.1) is 0 Å². The summed E-state index contributed by atoms with van der Waals surface area (Å²) in [6.45, 7) is 2.71. The molecule has 1 aliphatic heterocycles. The predicted molar refractivity (Wildman–Crippen MR) is 65.0 cm³/mol. The smallest absolute Gasteiger partial charge is 0.254 e. The minimum Gasteiger partial charge on any atom is -0.388 e. The summed E-state index contributed by atoms with van der Waals surface area (Å²) in [4.78, 5) is 13.9. The molecule has 0 radical (unpaired) electrons. The van der Waals surface area contributed by atoms with Crippen LogP contribution in [0, 0.1) is 0 Å². The average Bonchev–Trinajstić information content (AvgIpc) is 2.93. The van der Waals surface area contributed by atoms with E-state index in [0.29, 0.717) is 30.6 Å². The molecule has 6 heteroatoms. The lowest BCUT2D eigenvalue weighted by Gasteiger charge is -2.18. The second kappa shape index (κ2) is 3.78. The van der Waals surface area contributed by atoms with Crippen molar-refractivity contribution in [3.63, 3.8) is 0 Å². The first kappa shape index (κ1) is 11.2. The number of aliphatic hydroxyl groups is 1. The number of nitrogens with zero attached hydrogens (tertiary/aromatic N) is 3. The zero-order valence-corrected chi connectivity index (χ0v) is 10.1. The Hall–Kier alpha value is -1.95. The minimum atomic E-state index is -0.770. The van der Waals surface area contributed by atoms with Crippen LogP contribution in [0.15, 0.2) is 18.2 Å². The minimum absolute atomic E-state index is 0.0716. The molecule has 3 rings (SSSR count). The lowest BCUT2D eigenvalue weighted by molar-refractivity contribution is 0.0572. The van der Waals surface area contributed by atoms with E-state index in [2.05, 4.69) is 15.4 Å². The van der Waals surface area contributed by atoms with Gasteiger partial charge in [0.25, 0.3) is 5.91 Å². The number of hydrogen-bond donors (Lipinski definition) is 2. The van der Waals surface area contributed by atoms with E-state index in [-0.39, 0.29) is 5.91 Å². The van der Waals surface area contributed by atoms with Crippen LogP contribution in [0.5, 0.6) is 0 Å². The van der Waals surface area contributed by atoms with Crippen molar-refractivity contribution in [1.82, 2.24) is 20.3 Å². The molecule has 2 N–H and O–H groups in total. The number of β-amino-alcohol motifs (C(OH)–C–C–N with tert-alkyl or cyclic N) is 1. The predicted octanol–water partition coefficient (Wildman–Crippen LogP) is 0.555. The number of rotatable bonds is 1. The van der Waals surface area contributed by atoms with Gasteiger partial charge < -0.3 is 10.0 Å². The molecule has 0 bridgehead atoms. The third kappa shape index (κ3) is 1.84. The second-order valence-corrected chi connectivity index (χ2v) is 5.00. The molecule has 1 aromatic heterocycles. The van der Waals surface area contributed by atoms with E-state index in [1.807, 2.05) is 0 Å². The van der Waals surface area contributed by atoms with E-state index in [9.17, 15) is 9.90 Å². The maximum Gasteiger partial charge on any atom is 0.254 e. The largest absolute Gasteiger partial charge is 0.388 e. The number of hydrogen-bond acceptors (Lipinski definition) is 4. The van der Waals surface area contributed by atoms with E-state index in [1.165, 1.54) is 0 Å². The summed E-state index contributed by atoms with van der Waals surface area (Å²) in [5, 5.41) is 20.3. The number of H-pyrrole nitrogens is 1. The first-order valence-corrected chi connectivity index (χ1v) is 5.87. The molecule has 0 aliphatic carbocycles. The fraction of sp³-hybridized carbons (Fsp3) is 0.417. The van der Waals surface area contributed by atoms with Gasteiger partial charge in [-0.1, -0.05) is 0 Å². The number of aromatic nitrogens is 3. The van der Waals surface area contributed by atoms with Crippen LogP contribution in [-0.2, 0) is 0 Å². The molecule has 0 saturated carbocycles. The molecule has 1 amide bonds. The second-order valence-electron chi connectivity index (χ2n) is 5.00. The Balaban J connectivity index is 1.88. The first-order chi connectivity index (χ1) is 8.55. The summed E-state index contributed by atoms with van der Waals surface area (Å²) < 4.78 is 0. The van der Waals surface area contributed by atoms with Crippen LogP contribution in [0.1, 0.15) is 23.7 Å². The molecule has 1 saturated heterocycles. The molecule has 0 spiro atoms. The molecular weight excluding hydrogens is 232 g/mol. The summed E-state index contributed by atoms with van der Waals surface area (Å²) >= 11 is 0. The van der Waals surface area contributed by atoms with Gasteiger partial charge in [-0.05, 0) is 31.5 Å². The summed E-state index contributed by atoms with van der Waals surface area (Å²) in [6.07, 6.45) is 0.616. The molecule has 1 aromatic carbocycles. The highest BCUT2D eigenvalue weighted by atomic mass is 16.3. The SMILES string of the molecule is CC1(O)CCN(C(=O)c2ccc3n[nH]nc3c2)C1. The summed E-state index contributed by atoms with van der Waals surface area (Å²) in [5.41, 5.74) is 1.22. The lowest BCUT2D eigenvalue weighted by Crippen LogP contribution is -2.33. The Morgan fingerprint density at radius 3 is 2.94 bits per heavy atom. The van der Waals surface area contributed by atoms with Crippen LogP contribution in [0.25, 0.3) is 11.0 Å². The number of aromatic amines is 1. The summed E-state index contributed by atoms with van der Waals surface area (Å²) in [6, 6.07) is 5.22. The molecule has 2 heterocycles. The van der Waals surface area contributed by atoms with Crippen molar-refractivity contribution in [2.75, 3.05) is 13.1 Å². The van der Waals surface area contributed by atoms with Crippen molar-refractivity contribution < 1.29 is 9.90 Å². The maximum atomic E-state index is 12.3. The first-order valence-electron chi connectivity index (χ1n) is 5.87. The van der Waals surface area contributed by atoms with Gasteiger partial charge in [0, 0.05) is 18.7 Å². The van der Waals surface area contributed by atoms with Crippen LogP contribution in [0.3, 0.4) is 0 Å². The van der Waals surface area contributed by atoms with E-state index in [0.717, 1.165) is 5.52 Å². The highest BCUT2D eigenvalue weighted by Gasteiger charge is 2.34. The Kier molecular flexibility index (Phi) is 2.34. The fourth-order valence-corrected chi connectivity index (χ4v) is 2.27. The Bertz CT molecular complexity index is 605. The van der Waals surface area contributed by atoms with E-state index in [1.54, 1.807) is 30.0 Å². The fourth-order valence-electron chi connectivity index (χ4n) is 2.27. The molecule has 2 aromatic rings. The molecule has 94 valence electrons. The quantitative estimate of drug-likeness (QED) is 0.770. The normalized spacial score (nSPS) is 23.8. The zero-order valence-electron chi connectivity index (χ0n) is 10.1. The molecule has 1 aliphatic rings.